The van der Waals surface area contributed by atoms with Gasteiger partial charge in [-0.05, 0) is 38.0 Å². The van der Waals surface area contributed by atoms with E-state index in [-0.39, 0.29) is 11.8 Å². The van der Waals surface area contributed by atoms with Crippen LogP contribution < -0.4 is 14.2 Å². The minimum absolute atomic E-state index is 0.100. The summed E-state index contributed by atoms with van der Waals surface area (Å²) in [5.41, 5.74) is -0.584. The highest BCUT2D eigenvalue weighted by molar-refractivity contribution is 5.42. The second-order valence-electron chi connectivity index (χ2n) is 9.44. The molecule has 4 saturated heterocycles. The maximum Gasteiger partial charge on any atom is 0.205 e. The van der Waals surface area contributed by atoms with Crippen LogP contribution in [-0.4, -0.2) is 38.2 Å². The summed E-state index contributed by atoms with van der Waals surface area (Å²) in [6.07, 6.45) is 3.01. The molecule has 0 N–H and O–H groups in total. The lowest BCUT2D eigenvalue weighted by Gasteiger charge is -2.60. The minimum Gasteiger partial charge on any atom is -0.496 e. The number of rotatable bonds is 4. The lowest BCUT2D eigenvalue weighted by molar-refractivity contribution is -0.575. The zero-order valence-electron chi connectivity index (χ0n) is 18.4. The van der Waals surface area contributed by atoms with E-state index in [0.29, 0.717) is 29.1 Å². The summed E-state index contributed by atoms with van der Waals surface area (Å²) in [7, 11) is 3.25. The summed E-state index contributed by atoms with van der Waals surface area (Å²) in [5, 5.41) is 0. The van der Waals surface area contributed by atoms with Gasteiger partial charge in [-0.3, -0.25) is 0 Å². The second-order valence-corrected chi connectivity index (χ2v) is 9.44. The van der Waals surface area contributed by atoms with E-state index in [1.807, 2.05) is 25.1 Å². The van der Waals surface area contributed by atoms with Crippen LogP contribution in [-0.2, 0) is 19.2 Å². The molecule has 8 atom stereocenters. The van der Waals surface area contributed by atoms with Crippen molar-refractivity contribution in [3.63, 3.8) is 0 Å². The highest BCUT2D eigenvalue weighted by atomic mass is 17.3. The van der Waals surface area contributed by atoms with E-state index in [9.17, 15) is 0 Å². The Morgan fingerprint density at radius 2 is 1.60 bits per heavy atom. The van der Waals surface area contributed by atoms with Crippen LogP contribution in [0.2, 0.25) is 0 Å². The topological polar surface area (TPSA) is 64.6 Å². The van der Waals surface area contributed by atoms with E-state index in [4.69, 9.17) is 33.5 Å². The van der Waals surface area contributed by atoms with Gasteiger partial charge in [0.05, 0.1) is 14.2 Å². The van der Waals surface area contributed by atoms with E-state index in [0.717, 1.165) is 25.7 Å². The van der Waals surface area contributed by atoms with E-state index in [2.05, 4.69) is 13.8 Å². The Kier molecular flexibility index (Phi) is 4.93. The predicted octanol–water partition coefficient (Wildman–Crippen LogP) is 4.29. The maximum atomic E-state index is 6.48. The molecule has 0 amide bonds. The zero-order chi connectivity index (χ0) is 21.1. The standard InChI is InChI=1S/C23H32O7/c1-13-6-7-19-14(2)20(26-17-11-15(24-4)10-16(12-17)25-5)27-21-23(19)18(13)8-9-22(3,28-21)29-30-23/h10-14,18-21H,6-9H2,1-5H3/t13-,14-,18?,19?,20+,21?,22?,23-/m1/s1. The molecule has 1 spiro atoms. The highest BCUT2D eigenvalue weighted by Crippen LogP contribution is 2.60. The lowest BCUT2D eigenvalue weighted by Crippen LogP contribution is -2.70. The van der Waals surface area contributed by atoms with Crippen LogP contribution in [0.3, 0.4) is 0 Å². The monoisotopic (exact) mass is 420 g/mol. The maximum absolute atomic E-state index is 6.48. The molecule has 1 aromatic rings. The predicted molar refractivity (Wildman–Crippen MR) is 107 cm³/mol. The average Bonchev–Trinajstić information content (AvgIpc) is 2.97. The van der Waals surface area contributed by atoms with Gasteiger partial charge in [0.1, 0.15) is 17.2 Å². The summed E-state index contributed by atoms with van der Waals surface area (Å²) >= 11 is 0. The molecular weight excluding hydrogens is 388 g/mol. The fourth-order valence-electron chi connectivity index (χ4n) is 5.99. The van der Waals surface area contributed by atoms with Gasteiger partial charge >= 0.3 is 0 Å². The van der Waals surface area contributed by atoms with Crippen LogP contribution in [0, 0.1) is 23.7 Å². The van der Waals surface area contributed by atoms with Crippen molar-refractivity contribution in [2.75, 3.05) is 14.2 Å². The van der Waals surface area contributed by atoms with E-state index < -0.39 is 24.0 Å². The van der Waals surface area contributed by atoms with E-state index >= 15 is 0 Å². The summed E-state index contributed by atoms with van der Waals surface area (Å²) in [4.78, 5) is 12.1. The van der Waals surface area contributed by atoms with Crippen molar-refractivity contribution in [3.05, 3.63) is 18.2 Å². The molecule has 2 bridgehead atoms. The van der Waals surface area contributed by atoms with E-state index in [1.54, 1.807) is 14.2 Å². The Morgan fingerprint density at radius 1 is 0.900 bits per heavy atom. The fraction of sp³-hybridized carbons (Fsp3) is 0.739. The zero-order valence-corrected chi connectivity index (χ0v) is 18.4. The Balaban J connectivity index is 1.47. The van der Waals surface area contributed by atoms with Gasteiger partial charge in [-0.15, -0.1) is 0 Å². The SMILES string of the molecule is COc1cc(OC)cc(O[C@H]2OC3OC4(C)CCC5[C@H](C)CCC([C@H]2C)[C@@]35OO4)c1. The van der Waals surface area contributed by atoms with Crippen molar-refractivity contribution in [2.45, 2.75) is 70.4 Å². The third-order valence-electron chi connectivity index (χ3n) is 7.67. The molecule has 7 nitrogen and oxygen atoms in total. The molecule has 4 aliphatic heterocycles. The van der Waals surface area contributed by atoms with Gasteiger partial charge in [-0.2, -0.15) is 0 Å². The van der Waals surface area contributed by atoms with Crippen LogP contribution in [0.5, 0.6) is 17.2 Å². The number of fused-ring (bicyclic) bond motifs is 2. The molecule has 30 heavy (non-hydrogen) atoms. The highest BCUT2D eigenvalue weighted by Gasteiger charge is 2.69. The summed E-state index contributed by atoms with van der Waals surface area (Å²) in [6.45, 7) is 6.42. The number of hydrogen-bond acceptors (Lipinski definition) is 7. The third kappa shape index (κ3) is 3.01. The Bertz CT molecular complexity index is 778. The van der Waals surface area contributed by atoms with E-state index in [1.165, 1.54) is 0 Å². The molecule has 6 rings (SSSR count). The van der Waals surface area contributed by atoms with Gasteiger partial charge in [0.2, 0.25) is 12.1 Å². The molecule has 7 heteroatoms. The molecular formula is C23H32O7. The average molecular weight is 421 g/mol. The minimum atomic E-state index is -0.790. The molecule has 5 fully saturated rings. The summed E-state index contributed by atoms with van der Waals surface area (Å²) < 4.78 is 30.0. The number of ether oxygens (including phenoxy) is 5. The van der Waals surface area contributed by atoms with Crippen LogP contribution >= 0.6 is 0 Å². The molecule has 1 saturated carbocycles. The van der Waals surface area contributed by atoms with Crippen molar-refractivity contribution in [3.8, 4) is 17.2 Å². The van der Waals surface area contributed by atoms with Gasteiger partial charge in [-0.25, -0.2) is 9.78 Å². The Morgan fingerprint density at radius 3 is 2.30 bits per heavy atom. The second kappa shape index (κ2) is 7.26. The first-order valence-corrected chi connectivity index (χ1v) is 11.0. The molecule has 0 radical (unpaired) electrons. The number of methoxy groups -OCH3 is 2. The largest absolute Gasteiger partial charge is 0.496 e. The number of hydrogen-bond donors (Lipinski definition) is 0. The van der Waals surface area contributed by atoms with Crippen molar-refractivity contribution in [1.82, 2.24) is 0 Å². The lowest BCUT2D eigenvalue weighted by atomic mass is 9.58. The molecule has 0 aromatic heterocycles. The van der Waals surface area contributed by atoms with Crippen molar-refractivity contribution in [1.29, 1.82) is 0 Å². The Hall–Kier alpha value is -1.54. The first-order chi connectivity index (χ1) is 14.4. The van der Waals surface area contributed by atoms with Gasteiger partial charge in [0, 0.05) is 36.5 Å². The smallest absolute Gasteiger partial charge is 0.205 e. The van der Waals surface area contributed by atoms with Crippen LogP contribution in [0.25, 0.3) is 0 Å². The quantitative estimate of drug-likeness (QED) is 0.673. The molecule has 1 aliphatic carbocycles. The van der Waals surface area contributed by atoms with Crippen molar-refractivity contribution in [2.24, 2.45) is 23.7 Å². The van der Waals surface area contributed by atoms with Crippen molar-refractivity contribution >= 4 is 0 Å². The molecule has 4 heterocycles. The van der Waals surface area contributed by atoms with Crippen LogP contribution in [0.15, 0.2) is 18.2 Å². The normalized spacial score (nSPS) is 44.7. The van der Waals surface area contributed by atoms with Gasteiger partial charge in [-0.1, -0.05) is 13.8 Å². The van der Waals surface area contributed by atoms with Gasteiger partial charge in [0.15, 0.2) is 11.9 Å². The van der Waals surface area contributed by atoms with Gasteiger partial charge < -0.3 is 23.7 Å². The Labute approximate surface area is 177 Å². The first-order valence-electron chi connectivity index (χ1n) is 11.0. The van der Waals surface area contributed by atoms with Crippen molar-refractivity contribution < 1.29 is 33.5 Å². The van der Waals surface area contributed by atoms with Crippen LogP contribution in [0.4, 0.5) is 0 Å². The number of benzene rings is 1. The summed E-state index contributed by atoms with van der Waals surface area (Å²) in [6, 6.07) is 5.50. The van der Waals surface area contributed by atoms with Crippen LogP contribution in [0.1, 0.15) is 46.5 Å². The summed E-state index contributed by atoms with van der Waals surface area (Å²) in [5.74, 6) is 2.39. The third-order valence-corrected chi connectivity index (χ3v) is 7.67. The molecule has 5 aliphatic rings. The first kappa shape index (κ1) is 20.4. The van der Waals surface area contributed by atoms with Gasteiger partial charge in [0.25, 0.3) is 0 Å². The fourth-order valence-corrected chi connectivity index (χ4v) is 5.99. The molecule has 1 aromatic carbocycles. The molecule has 4 unspecified atom stereocenters. The molecule has 166 valence electrons.